The highest BCUT2D eigenvalue weighted by Gasteiger charge is 2.38. The number of amides is 1. The van der Waals surface area contributed by atoms with Gasteiger partial charge in [0.15, 0.2) is 0 Å². The molecule has 2 atom stereocenters. The van der Waals surface area contributed by atoms with Crippen molar-refractivity contribution in [1.29, 1.82) is 0 Å². The van der Waals surface area contributed by atoms with Gasteiger partial charge >= 0.3 is 0 Å². The smallest absolute Gasteiger partial charge is 0.251 e. The number of alkyl halides is 1. The lowest BCUT2D eigenvalue weighted by atomic mass is 10.1. The summed E-state index contributed by atoms with van der Waals surface area (Å²) >= 11 is 0. The van der Waals surface area contributed by atoms with E-state index in [-0.39, 0.29) is 17.9 Å². The summed E-state index contributed by atoms with van der Waals surface area (Å²) in [5, 5.41) is 6.04. The molecule has 0 unspecified atom stereocenters. The first-order chi connectivity index (χ1) is 15.1. The molecule has 0 bridgehead atoms. The summed E-state index contributed by atoms with van der Waals surface area (Å²) in [6, 6.07) is 8.67. The van der Waals surface area contributed by atoms with E-state index in [2.05, 4.69) is 25.6 Å². The molecule has 5 rings (SSSR count). The van der Waals surface area contributed by atoms with Crippen LogP contribution in [-0.4, -0.2) is 39.7 Å². The molecule has 1 amide bonds. The highest BCUT2D eigenvalue weighted by molar-refractivity contribution is 5.94. The number of hydrogen-bond acceptors (Lipinski definition) is 7. The topological polar surface area (TPSA) is 115 Å². The Balaban J connectivity index is 1.33. The lowest BCUT2D eigenvalue weighted by Gasteiger charge is -2.13. The molecule has 31 heavy (non-hydrogen) atoms. The van der Waals surface area contributed by atoms with Gasteiger partial charge in [-0.1, -0.05) is 12.1 Å². The van der Waals surface area contributed by atoms with Gasteiger partial charge in [0, 0.05) is 42.9 Å². The van der Waals surface area contributed by atoms with Crippen LogP contribution in [0, 0.1) is 0 Å². The number of anilines is 2. The molecule has 0 spiro atoms. The van der Waals surface area contributed by atoms with Crippen molar-refractivity contribution in [2.45, 2.75) is 31.6 Å². The zero-order valence-electron chi connectivity index (χ0n) is 16.6. The first-order valence-electron chi connectivity index (χ1n) is 10.1. The summed E-state index contributed by atoms with van der Waals surface area (Å²) in [5.41, 5.74) is 9.55. The summed E-state index contributed by atoms with van der Waals surface area (Å²) in [6.07, 6.45) is 3.51. The molecule has 0 saturated heterocycles. The molecule has 1 fully saturated rings. The molecule has 1 aliphatic carbocycles. The Morgan fingerprint density at radius 1 is 1.29 bits per heavy atom. The molecule has 158 valence electrons. The largest absolute Gasteiger partial charge is 0.492 e. The number of carbonyl (C=O) groups is 1. The molecule has 1 aliphatic heterocycles. The molecular weight excluding hydrogens is 399 g/mol. The van der Waals surface area contributed by atoms with Crippen molar-refractivity contribution in [1.82, 2.24) is 20.3 Å². The van der Waals surface area contributed by atoms with E-state index in [4.69, 9.17) is 10.5 Å². The third kappa shape index (κ3) is 3.98. The van der Waals surface area contributed by atoms with Crippen LogP contribution in [0.2, 0.25) is 0 Å². The second-order valence-electron chi connectivity index (χ2n) is 7.61. The van der Waals surface area contributed by atoms with E-state index >= 15 is 0 Å². The maximum atomic E-state index is 13.0. The standard InChI is InChI=1S/C22H21FN6O2/c23-16-9-18(16)28-21(30)13-3-1-2-12(8-13)10-26-20-14-5-7-31-19(14)15(11-27-20)17-4-6-25-22(24)29-17/h1-4,6,8,11,16,18H,5,7,9-10H2,(H,26,27)(H,28,30)(H2,24,25,29)/t16-,18+/m1/s1. The molecule has 1 aromatic carbocycles. The molecule has 3 aromatic rings. The van der Waals surface area contributed by atoms with Gasteiger partial charge in [-0.3, -0.25) is 4.79 Å². The minimum absolute atomic E-state index is 0.194. The van der Waals surface area contributed by atoms with Crippen LogP contribution >= 0.6 is 0 Å². The Bertz CT molecular complexity index is 1150. The van der Waals surface area contributed by atoms with E-state index in [1.54, 1.807) is 30.6 Å². The zero-order valence-corrected chi connectivity index (χ0v) is 16.6. The van der Waals surface area contributed by atoms with E-state index < -0.39 is 6.17 Å². The van der Waals surface area contributed by atoms with Crippen molar-refractivity contribution < 1.29 is 13.9 Å². The average Bonchev–Trinajstić information content (AvgIpc) is 3.24. The number of aromatic nitrogens is 3. The van der Waals surface area contributed by atoms with Crippen molar-refractivity contribution in [3.05, 3.63) is 59.4 Å². The predicted octanol–water partition coefficient (Wildman–Crippen LogP) is 2.51. The second kappa shape index (κ2) is 7.82. The summed E-state index contributed by atoms with van der Waals surface area (Å²) < 4.78 is 18.9. The van der Waals surface area contributed by atoms with Crippen LogP contribution in [-0.2, 0) is 13.0 Å². The molecule has 0 radical (unpaired) electrons. The van der Waals surface area contributed by atoms with Crippen molar-refractivity contribution in [2.24, 2.45) is 0 Å². The summed E-state index contributed by atoms with van der Waals surface area (Å²) in [5.74, 6) is 1.41. The Morgan fingerprint density at radius 3 is 2.97 bits per heavy atom. The van der Waals surface area contributed by atoms with Gasteiger partial charge in [0.25, 0.3) is 5.91 Å². The number of nitrogen functional groups attached to an aromatic ring is 1. The number of ether oxygens (including phenoxy) is 1. The molecule has 4 N–H and O–H groups in total. The molecule has 8 nitrogen and oxygen atoms in total. The Labute approximate surface area is 178 Å². The number of fused-ring (bicyclic) bond motifs is 1. The number of carbonyl (C=O) groups excluding carboxylic acids is 1. The van der Waals surface area contributed by atoms with E-state index in [1.165, 1.54) is 0 Å². The van der Waals surface area contributed by atoms with E-state index in [0.29, 0.717) is 30.8 Å². The fourth-order valence-electron chi connectivity index (χ4n) is 3.62. The monoisotopic (exact) mass is 420 g/mol. The van der Waals surface area contributed by atoms with Gasteiger partial charge in [0.2, 0.25) is 5.95 Å². The normalized spacial score (nSPS) is 18.7. The number of nitrogens with zero attached hydrogens (tertiary/aromatic N) is 3. The van der Waals surface area contributed by atoms with Crippen molar-refractivity contribution >= 4 is 17.7 Å². The predicted molar refractivity (Wildman–Crippen MR) is 113 cm³/mol. The van der Waals surface area contributed by atoms with Crippen LogP contribution in [0.5, 0.6) is 5.75 Å². The van der Waals surface area contributed by atoms with Crippen LogP contribution in [0.1, 0.15) is 27.9 Å². The number of hydrogen-bond donors (Lipinski definition) is 3. The molecule has 2 aliphatic rings. The lowest BCUT2D eigenvalue weighted by molar-refractivity contribution is 0.0947. The van der Waals surface area contributed by atoms with Crippen LogP contribution in [0.4, 0.5) is 16.2 Å². The summed E-state index contributed by atoms with van der Waals surface area (Å²) in [6.45, 7) is 1.05. The fourth-order valence-corrected chi connectivity index (χ4v) is 3.62. The van der Waals surface area contributed by atoms with E-state index in [0.717, 1.165) is 34.7 Å². The first kappa shape index (κ1) is 19.2. The Morgan fingerprint density at radius 2 is 2.16 bits per heavy atom. The van der Waals surface area contributed by atoms with E-state index in [1.807, 2.05) is 12.1 Å². The highest BCUT2D eigenvalue weighted by Crippen LogP contribution is 2.39. The van der Waals surface area contributed by atoms with Crippen LogP contribution in [0.3, 0.4) is 0 Å². The molecule has 2 aromatic heterocycles. The van der Waals surface area contributed by atoms with Gasteiger partial charge in [0.05, 0.1) is 23.9 Å². The molecular formula is C22H21FN6O2. The molecule has 3 heterocycles. The third-order valence-corrected chi connectivity index (χ3v) is 5.35. The summed E-state index contributed by atoms with van der Waals surface area (Å²) in [4.78, 5) is 25.0. The molecule has 9 heteroatoms. The van der Waals surface area contributed by atoms with Gasteiger partial charge in [-0.2, -0.15) is 0 Å². The highest BCUT2D eigenvalue weighted by atomic mass is 19.1. The van der Waals surface area contributed by atoms with Crippen LogP contribution < -0.4 is 21.1 Å². The zero-order chi connectivity index (χ0) is 21.4. The number of pyridine rings is 1. The van der Waals surface area contributed by atoms with Gasteiger partial charge in [0.1, 0.15) is 17.7 Å². The van der Waals surface area contributed by atoms with Gasteiger partial charge < -0.3 is 21.1 Å². The fraction of sp³-hybridized carbons (Fsp3) is 0.273. The average molecular weight is 420 g/mol. The Hall–Kier alpha value is -3.75. The van der Waals surface area contributed by atoms with Crippen molar-refractivity contribution in [3.63, 3.8) is 0 Å². The number of nitrogens with two attached hydrogens (primary N) is 1. The maximum absolute atomic E-state index is 13.0. The number of nitrogens with one attached hydrogen (secondary N) is 2. The Kier molecular flexibility index (Phi) is 4.85. The SMILES string of the molecule is Nc1nccc(-c2cnc(NCc3cccc(C(=O)N[C@H]4C[C@H]4F)c3)c3c2OCC3)n1. The quantitative estimate of drug-likeness (QED) is 0.561. The number of halogens is 1. The van der Waals surface area contributed by atoms with Gasteiger partial charge in [-0.15, -0.1) is 0 Å². The number of benzene rings is 1. The van der Waals surface area contributed by atoms with E-state index in [9.17, 15) is 9.18 Å². The minimum atomic E-state index is -0.925. The maximum Gasteiger partial charge on any atom is 0.251 e. The van der Waals surface area contributed by atoms with Gasteiger partial charge in [-0.25, -0.2) is 19.3 Å². The third-order valence-electron chi connectivity index (χ3n) is 5.35. The van der Waals surface area contributed by atoms with Crippen LogP contribution in [0.15, 0.2) is 42.7 Å². The van der Waals surface area contributed by atoms with Crippen LogP contribution in [0.25, 0.3) is 11.3 Å². The summed E-state index contributed by atoms with van der Waals surface area (Å²) in [7, 11) is 0. The molecule has 1 saturated carbocycles. The second-order valence-corrected chi connectivity index (χ2v) is 7.61. The minimum Gasteiger partial charge on any atom is -0.492 e. The lowest BCUT2D eigenvalue weighted by Crippen LogP contribution is -2.27. The van der Waals surface area contributed by atoms with Crippen molar-refractivity contribution in [2.75, 3.05) is 17.7 Å². The first-order valence-corrected chi connectivity index (χ1v) is 10.1. The van der Waals surface area contributed by atoms with Gasteiger partial charge in [-0.05, 0) is 23.8 Å². The number of rotatable bonds is 6. The van der Waals surface area contributed by atoms with Crippen molar-refractivity contribution in [3.8, 4) is 17.0 Å².